The van der Waals surface area contributed by atoms with Gasteiger partial charge in [-0.1, -0.05) is 121 Å². The molecule has 9 heteroatoms. The molecule has 310 valence electrons. The first-order valence-corrected chi connectivity index (χ1v) is 20.0. The summed E-state index contributed by atoms with van der Waals surface area (Å²) in [5, 5.41) is 0. The van der Waals surface area contributed by atoms with E-state index in [1.165, 1.54) is 0 Å². The molecule has 0 bridgehead atoms. The van der Waals surface area contributed by atoms with E-state index in [9.17, 15) is 4.79 Å². The molecule has 6 atom stereocenters. The van der Waals surface area contributed by atoms with Crippen molar-refractivity contribution in [1.82, 2.24) is 0 Å². The van der Waals surface area contributed by atoms with E-state index in [4.69, 9.17) is 33.2 Å². The van der Waals surface area contributed by atoms with Gasteiger partial charge in [0.25, 0.3) is 0 Å². The third kappa shape index (κ3) is 15.5. The maximum atomic E-state index is 13.0. The molecule has 1 fully saturated rings. The molecule has 0 aromatic heterocycles. The van der Waals surface area contributed by atoms with Crippen molar-refractivity contribution in [3.63, 3.8) is 0 Å². The van der Waals surface area contributed by atoms with Crippen molar-refractivity contribution in [3.8, 4) is 0 Å². The molecule has 6 aromatic carbocycles. The number of hydrogen-bond donors (Lipinski definition) is 0. The fraction of sp³-hybridized carbons (Fsp3) is 0.300. The molecule has 0 saturated carbocycles. The summed E-state index contributed by atoms with van der Waals surface area (Å²) in [6.45, 7) is 3.70. The van der Waals surface area contributed by atoms with E-state index in [0.29, 0.717) is 39.5 Å². The Balaban J connectivity index is 0.00000102. The summed E-state index contributed by atoms with van der Waals surface area (Å²) in [6.07, 6.45) is -2.77. The van der Waals surface area contributed by atoms with Gasteiger partial charge in [-0.15, -0.1) is 0 Å². The van der Waals surface area contributed by atoms with Gasteiger partial charge in [-0.3, -0.25) is 4.79 Å². The van der Waals surface area contributed by atoms with Crippen molar-refractivity contribution in [2.45, 2.75) is 70.5 Å². The molecule has 1 aliphatic rings. The molecular weight excluding hydrogens is 784 g/mol. The topological polar surface area (TPSA) is 81.7 Å². The van der Waals surface area contributed by atoms with Crippen molar-refractivity contribution < 1.29 is 55.0 Å². The molecule has 1 aliphatic heterocycles. The zero-order valence-corrected chi connectivity index (χ0v) is 34.6. The summed E-state index contributed by atoms with van der Waals surface area (Å²) in [4.78, 5) is 13.0. The van der Waals surface area contributed by atoms with Gasteiger partial charge in [-0.25, -0.2) is 24.3 Å². The standard InChI is InChI=1S/C45H49O8.C5H5.Fe/c1-34(44(46)48-27-26-35-16-14-15-17-35)28-52-45-43(51-32-39-24-12-5-13-25-39)42(50-31-38-22-10-4-11-23-38)41(49-30-37-20-8-3-9-21-37)40(53-45)33-47-29-36-18-6-2-7-19-36;1-2-4-5-3-1;/h2-25,34,40-43,45H,26-33H2,1H3;1-5H;/q2*-1;+2/t34-,40-,41-,42+,43+,45+;;/m1../s1. The second-order valence-electron chi connectivity index (χ2n) is 14.2. The van der Waals surface area contributed by atoms with E-state index in [1.54, 1.807) is 6.92 Å². The Morgan fingerprint density at radius 2 is 1.10 bits per heavy atom. The molecule has 6 aromatic rings. The van der Waals surface area contributed by atoms with E-state index < -0.39 is 36.6 Å². The van der Waals surface area contributed by atoms with E-state index in [1.807, 2.05) is 176 Å². The molecule has 0 unspecified atom stereocenters. The average molecular weight is 839 g/mol. The second kappa shape index (κ2) is 25.7. The summed E-state index contributed by atoms with van der Waals surface area (Å²) in [5.41, 5.74) is 5.19. The molecular formula is C50H54FeO8. The first kappa shape index (κ1) is 45.4. The van der Waals surface area contributed by atoms with Crippen LogP contribution in [0.4, 0.5) is 0 Å². The van der Waals surface area contributed by atoms with Gasteiger partial charge >= 0.3 is 23.0 Å². The van der Waals surface area contributed by atoms with Crippen LogP contribution in [0.5, 0.6) is 0 Å². The zero-order valence-electron chi connectivity index (χ0n) is 33.5. The fourth-order valence-electron chi connectivity index (χ4n) is 6.50. The zero-order chi connectivity index (χ0) is 40.0. The van der Waals surface area contributed by atoms with E-state index in [0.717, 1.165) is 27.8 Å². The molecule has 8 nitrogen and oxygen atoms in total. The predicted molar refractivity (Wildman–Crippen MR) is 224 cm³/mol. The van der Waals surface area contributed by atoms with Crippen LogP contribution in [-0.2, 0) is 87.9 Å². The first-order chi connectivity index (χ1) is 28.6. The Morgan fingerprint density at radius 1 is 0.593 bits per heavy atom. The third-order valence-corrected chi connectivity index (χ3v) is 9.68. The largest absolute Gasteiger partial charge is 2.00 e. The van der Waals surface area contributed by atoms with Gasteiger partial charge in [0.15, 0.2) is 6.29 Å². The van der Waals surface area contributed by atoms with E-state index in [-0.39, 0.29) is 36.3 Å². The maximum Gasteiger partial charge on any atom is 2.00 e. The Kier molecular flexibility index (Phi) is 19.8. The summed E-state index contributed by atoms with van der Waals surface area (Å²) >= 11 is 0. The summed E-state index contributed by atoms with van der Waals surface area (Å²) in [6, 6.07) is 58.0. The van der Waals surface area contributed by atoms with Gasteiger partial charge in [0, 0.05) is 0 Å². The molecule has 0 amide bonds. The predicted octanol–water partition coefficient (Wildman–Crippen LogP) is 9.24. The second-order valence-corrected chi connectivity index (χ2v) is 14.2. The van der Waals surface area contributed by atoms with Crippen molar-refractivity contribution in [2.75, 3.05) is 19.8 Å². The number of rotatable bonds is 20. The molecule has 0 aliphatic carbocycles. The quantitative estimate of drug-likeness (QED) is 0.0428. The number of carbonyl (C=O) groups is 1. The molecule has 1 heterocycles. The minimum Gasteiger partial charge on any atom is -0.465 e. The van der Waals surface area contributed by atoms with Crippen molar-refractivity contribution in [1.29, 1.82) is 0 Å². The molecule has 7 rings (SSSR count). The van der Waals surface area contributed by atoms with Crippen molar-refractivity contribution >= 4 is 5.97 Å². The van der Waals surface area contributed by atoms with E-state index in [2.05, 4.69) is 0 Å². The molecule has 59 heavy (non-hydrogen) atoms. The molecule has 1 saturated heterocycles. The number of esters is 1. The van der Waals surface area contributed by atoms with Gasteiger partial charge in [0.1, 0.15) is 24.4 Å². The third-order valence-electron chi connectivity index (χ3n) is 9.68. The number of hydrogen-bond acceptors (Lipinski definition) is 8. The molecule has 0 radical (unpaired) electrons. The Labute approximate surface area is 359 Å². The summed E-state index contributed by atoms with van der Waals surface area (Å²) in [7, 11) is 0. The number of ether oxygens (including phenoxy) is 7. The maximum absolute atomic E-state index is 13.0. The molecule has 0 spiro atoms. The number of benzene rings is 4. The minimum absolute atomic E-state index is 0. The van der Waals surface area contributed by atoms with Gasteiger partial charge in [0.2, 0.25) is 0 Å². The van der Waals surface area contributed by atoms with Crippen LogP contribution in [0, 0.1) is 5.92 Å². The van der Waals surface area contributed by atoms with Gasteiger partial charge in [0.05, 0.1) is 52.2 Å². The van der Waals surface area contributed by atoms with Crippen molar-refractivity contribution in [2.24, 2.45) is 5.92 Å². The van der Waals surface area contributed by atoms with Crippen LogP contribution in [0.3, 0.4) is 0 Å². The van der Waals surface area contributed by atoms with Crippen LogP contribution in [0.25, 0.3) is 0 Å². The fourth-order valence-corrected chi connectivity index (χ4v) is 6.50. The van der Waals surface area contributed by atoms with Crippen molar-refractivity contribution in [3.05, 3.63) is 204 Å². The number of carbonyl (C=O) groups excluding carboxylic acids is 1. The van der Waals surface area contributed by atoms with E-state index >= 15 is 0 Å². The average Bonchev–Trinajstić information content (AvgIpc) is 4.04. The van der Waals surface area contributed by atoms with Crippen LogP contribution >= 0.6 is 0 Å². The van der Waals surface area contributed by atoms with Crippen LogP contribution in [-0.4, -0.2) is 56.5 Å². The van der Waals surface area contributed by atoms with Crippen LogP contribution in [0.15, 0.2) is 176 Å². The minimum atomic E-state index is -0.902. The Morgan fingerprint density at radius 3 is 1.59 bits per heavy atom. The monoisotopic (exact) mass is 838 g/mol. The molecule has 0 N–H and O–H groups in total. The van der Waals surface area contributed by atoms with Crippen LogP contribution in [0.2, 0.25) is 0 Å². The van der Waals surface area contributed by atoms with Gasteiger partial charge < -0.3 is 33.2 Å². The van der Waals surface area contributed by atoms with Gasteiger partial charge in [-0.05, 0) is 35.6 Å². The Hall–Kier alpha value is -4.67. The Bertz CT molecular complexity index is 1910. The SMILES string of the molecule is C[C@H](CO[C@H]1O[C@H](COCc2ccccc2)[C@@H](OCc2ccccc2)[C@H](OCc2ccccc2)[C@@H]1OCc1ccccc1)C(=O)OCCc1ccc[cH-]1.[Fe+2].c1cc[cH-]c1. The van der Waals surface area contributed by atoms with Crippen LogP contribution in [0.1, 0.15) is 34.7 Å². The summed E-state index contributed by atoms with van der Waals surface area (Å²) in [5.74, 6) is -0.880. The smallest absolute Gasteiger partial charge is 0.465 e. The van der Waals surface area contributed by atoms with Gasteiger partial charge in [-0.2, -0.15) is 35.9 Å². The summed E-state index contributed by atoms with van der Waals surface area (Å²) < 4.78 is 45.3. The van der Waals surface area contributed by atoms with Crippen LogP contribution < -0.4 is 0 Å². The normalized spacial score (nSPS) is 19.1. The first-order valence-electron chi connectivity index (χ1n) is 20.0.